The van der Waals surface area contributed by atoms with Crippen LogP contribution < -0.4 is 0 Å². The quantitative estimate of drug-likeness (QED) is 0.557. The van der Waals surface area contributed by atoms with Gasteiger partial charge in [-0.15, -0.1) is 0 Å². The molecule has 21 heavy (non-hydrogen) atoms. The summed E-state index contributed by atoms with van der Waals surface area (Å²) in [6, 6.07) is 13.1. The maximum absolute atomic E-state index is 3.90. The van der Waals surface area contributed by atoms with Crippen molar-refractivity contribution in [1.82, 2.24) is 0 Å². The van der Waals surface area contributed by atoms with Gasteiger partial charge in [-0.2, -0.15) is 0 Å². The van der Waals surface area contributed by atoms with Crippen LogP contribution in [0.25, 0.3) is 17.2 Å². The van der Waals surface area contributed by atoms with E-state index in [1.807, 2.05) is 33.8 Å². The van der Waals surface area contributed by atoms with Crippen LogP contribution in [0.3, 0.4) is 0 Å². The van der Waals surface area contributed by atoms with Crippen LogP contribution in [0, 0.1) is 20.8 Å². The van der Waals surface area contributed by atoms with Crippen LogP contribution in [0.1, 0.15) is 49.9 Å². The number of hydrogen-bond acceptors (Lipinski definition) is 0. The van der Waals surface area contributed by atoms with Gasteiger partial charge in [0.25, 0.3) is 0 Å². The Hall–Kier alpha value is -1.82. The summed E-state index contributed by atoms with van der Waals surface area (Å²) in [5.41, 5.74) is 7.67. The molecule has 0 aliphatic carbocycles. The molecular weight excluding hydrogens is 252 g/mol. The lowest BCUT2D eigenvalue weighted by Crippen LogP contribution is -1.89. The molecule has 0 aliphatic rings. The zero-order valence-corrected chi connectivity index (χ0v) is 14.7. The van der Waals surface area contributed by atoms with E-state index in [1.165, 1.54) is 33.4 Å². The average Bonchev–Trinajstić information content (AvgIpc) is 2.53. The van der Waals surface area contributed by atoms with Crippen molar-refractivity contribution in [3.8, 4) is 11.1 Å². The third-order valence-corrected chi connectivity index (χ3v) is 3.11. The van der Waals surface area contributed by atoms with E-state index in [-0.39, 0.29) is 0 Å². The van der Waals surface area contributed by atoms with E-state index in [9.17, 15) is 0 Å². The second-order valence-electron chi connectivity index (χ2n) is 4.61. The number of aryl methyl sites for hydroxylation is 3. The lowest BCUT2D eigenvalue weighted by atomic mass is 9.93. The van der Waals surface area contributed by atoms with Gasteiger partial charge in [0, 0.05) is 0 Å². The van der Waals surface area contributed by atoms with Crippen LogP contribution in [0.4, 0.5) is 0 Å². The molecule has 0 heterocycles. The van der Waals surface area contributed by atoms with Gasteiger partial charge in [0.15, 0.2) is 0 Å². The van der Waals surface area contributed by atoms with Crippen LogP contribution in [0.15, 0.2) is 43.0 Å². The number of hydrogen-bond donors (Lipinski definition) is 0. The molecule has 2 aromatic carbocycles. The highest BCUT2D eigenvalue weighted by molar-refractivity contribution is 5.77. The van der Waals surface area contributed by atoms with Crippen molar-refractivity contribution in [2.75, 3.05) is 0 Å². The molecule has 0 saturated heterocycles. The molecule has 2 aromatic rings. The van der Waals surface area contributed by atoms with Gasteiger partial charge in [-0.05, 0) is 43.0 Å². The van der Waals surface area contributed by atoms with Crippen LogP contribution >= 0.6 is 0 Å². The summed E-state index contributed by atoms with van der Waals surface area (Å²) in [7, 11) is 0. The van der Waals surface area contributed by atoms with Gasteiger partial charge in [-0.3, -0.25) is 0 Å². The Balaban J connectivity index is 0.000000921. The minimum Gasteiger partial charge on any atom is -0.0984 e. The molecule has 0 bridgehead atoms. The molecule has 0 aromatic heterocycles. The van der Waals surface area contributed by atoms with Crippen LogP contribution in [0.2, 0.25) is 0 Å². The van der Waals surface area contributed by atoms with E-state index < -0.39 is 0 Å². The van der Waals surface area contributed by atoms with Gasteiger partial charge in [0.2, 0.25) is 0 Å². The Morgan fingerprint density at radius 3 is 1.71 bits per heavy atom. The monoisotopic (exact) mass is 282 g/mol. The fourth-order valence-corrected chi connectivity index (χ4v) is 2.11. The van der Waals surface area contributed by atoms with Crippen molar-refractivity contribution in [3.63, 3.8) is 0 Å². The molecule has 0 saturated carbocycles. The lowest BCUT2D eigenvalue weighted by molar-refractivity contribution is 1.38. The van der Waals surface area contributed by atoms with E-state index in [2.05, 4.69) is 63.7 Å². The van der Waals surface area contributed by atoms with E-state index in [1.54, 1.807) is 0 Å². The molecule has 0 atom stereocenters. The topological polar surface area (TPSA) is 0 Å². The molecule has 114 valence electrons. The molecule has 0 amide bonds. The molecular formula is C21H30. The second-order valence-corrected chi connectivity index (χ2v) is 4.61. The summed E-state index contributed by atoms with van der Waals surface area (Å²) < 4.78 is 0. The Bertz CT molecular complexity index is 562. The first-order chi connectivity index (χ1) is 10.1. The fraction of sp³-hybridized carbons (Fsp3) is 0.333. The van der Waals surface area contributed by atoms with Gasteiger partial charge in [-0.1, -0.05) is 87.9 Å². The molecule has 0 heteroatoms. The van der Waals surface area contributed by atoms with Crippen LogP contribution in [-0.4, -0.2) is 0 Å². The van der Waals surface area contributed by atoms with Gasteiger partial charge >= 0.3 is 0 Å². The van der Waals surface area contributed by atoms with Crippen molar-refractivity contribution in [3.05, 3.63) is 65.2 Å². The molecule has 0 radical (unpaired) electrons. The molecule has 2 rings (SSSR count). The van der Waals surface area contributed by atoms with Crippen molar-refractivity contribution in [2.24, 2.45) is 0 Å². The predicted octanol–water partition coefficient (Wildman–Crippen LogP) is 6.97. The van der Waals surface area contributed by atoms with Crippen molar-refractivity contribution in [2.45, 2.75) is 48.5 Å². The summed E-state index contributed by atoms with van der Waals surface area (Å²) >= 11 is 0. The predicted molar refractivity (Wildman–Crippen MR) is 98.9 cm³/mol. The molecule has 0 unspecified atom stereocenters. The number of benzene rings is 2. The summed E-state index contributed by atoms with van der Waals surface area (Å²) in [6.07, 6.45) is 1.93. The third-order valence-electron chi connectivity index (χ3n) is 3.11. The normalized spacial score (nSPS) is 8.90. The SMILES string of the molecule is C=Cc1ccc(C)cc1-c1cc(C)ccc1C.CC.CC. The highest BCUT2D eigenvalue weighted by atomic mass is 14.1. The Morgan fingerprint density at radius 1 is 0.714 bits per heavy atom. The maximum atomic E-state index is 3.90. The lowest BCUT2D eigenvalue weighted by Gasteiger charge is -2.11. The summed E-state index contributed by atoms with van der Waals surface area (Å²) in [5, 5.41) is 0. The largest absolute Gasteiger partial charge is 0.0984 e. The molecule has 0 aliphatic heterocycles. The van der Waals surface area contributed by atoms with E-state index in [0.717, 1.165) is 0 Å². The van der Waals surface area contributed by atoms with Gasteiger partial charge < -0.3 is 0 Å². The van der Waals surface area contributed by atoms with Gasteiger partial charge in [0.1, 0.15) is 0 Å². The first-order valence-electron chi connectivity index (χ1n) is 7.92. The fourth-order valence-electron chi connectivity index (χ4n) is 2.11. The van der Waals surface area contributed by atoms with Crippen molar-refractivity contribution in [1.29, 1.82) is 0 Å². The van der Waals surface area contributed by atoms with Crippen molar-refractivity contribution < 1.29 is 0 Å². The van der Waals surface area contributed by atoms with Gasteiger partial charge in [0.05, 0.1) is 0 Å². The zero-order chi connectivity index (χ0) is 16.4. The summed E-state index contributed by atoms with van der Waals surface area (Å²) in [4.78, 5) is 0. The van der Waals surface area contributed by atoms with E-state index in [0.29, 0.717) is 0 Å². The number of rotatable bonds is 2. The minimum absolute atomic E-state index is 1.20. The highest BCUT2D eigenvalue weighted by Crippen LogP contribution is 2.29. The Labute approximate surface area is 131 Å². The zero-order valence-electron chi connectivity index (χ0n) is 14.7. The Morgan fingerprint density at radius 2 is 1.19 bits per heavy atom. The molecule has 0 spiro atoms. The van der Waals surface area contributed by atoms with E-state index in [4.69, 9.17) is 0 Å². The third kappa shape index (κ3) is 5.23. The Kier molecular flexibility index (Phi) is 9.12. The van der Waals surface area contributed by atoms with E-state index >= 15 is 0 Å². The molecule has 0 fully saturated rings. The first-order valence-corrected chi connectivity index (χ1v) is 7.92. The maximum Gasteiger partial charge on any atom is -0.0106 e. The molecule has 0 nitrogen and oxygen atoms in total. The second kappa shape index (κ2) is 9.99. The van der Waals surface area contributed by atoms with Crippen molar-refractivity contribution >= 4 is 6.08 Å². The smallest absolute Gasteiger partial charge is 0.0106 e. The standard InChI is InChI=1S/C17H18.2C2H6/c1-5-15-9-7-13(3)11-17(15)16-10-12(2)6-8-14(16)4;2*1-2/h5-11H,1H2,2-4H3;2*1-2H3. The van der Waals surface area contributed by atoms with Crippen LogP contribution in [0.5, 0.6) is 0 Å². The van der Waals surface area contributed by atoms with Gasteiger partial charge in [-0.25, -0.2) is 0 Å². The first kappa shape index (κ1) is 19.2. The minimum atomic E-state index is 1.20. The highest BCUT2D eigenvalue weighted by Gasteiger charge is 2.06. The van der Waals surface area contributed by atoms with Crippen LogP contribution in [-0.2, 0) is 0 Å². The summed E-state index contributed by atoms with van der Waals surface area (Å²) in [6.45, 7) is 18.3. The average molecular weight is 282 g/mol. The molecule has 0 N–H and O–H groups in total. The summed E-state index contributed by atoms with van der Waals surface area (Å²) in [5.74, 6) is 0.